The van der Waals surface area contributed by atoms with E-state index in [0.29, 0.717) is 35.6 Å². The molecule has 3 fully saturated rings. The zero-order valence-electron chi connectivity index (χ0n) is 22.1. The fourth-order valence-corrected chi connectivity index (χ4v) is 7.34. The molecule has 0 amide bonds. The minimum absolute atomic E-state index is 0.0128. The lowest BCUT2D eigenvalue weighted by molar-refractivity contribution is 0.0147. The van der Waals surface area contributed by atoms with Crippen LogP contribution >= 0.6 is 11.3 Å². The van der Waals surface area contributed by atoms with Crippen LogP contribution in [0.3, 0.4) is 0 Å². The summed E-state index contributed by atoms with van der Waals surface area (Å²) in [7, 11) is 0. The summed E-state index contributed by atoms with van der Waals surface area (Å²) in [5, 5.41) is 5.06. The molecular weight excluding hydrogens is 536 g/mol. The summed E-state index contributed by atoms with van der Waals surface area (Å²) in [6, 6.07) is 9.92. The second-order valence-electron chi connectivity index (χ2n) is 10.8. The highest BCUT2D eigenvalue weighted by atomic mass is 32.1. The molecule has 0 N–H and O–H groups in total. The van der Waals surface area contributed by atoms with Crippen molar-refractivity contribution in [3.8, 4) is 11.3 Å². The SMILES string of the molecule is CCOC(=O)c1ccc2nc(N3[C@@H]4CC[C@H]3C[C@@H](OCc3c(-c5c(F)cccc5F)noc3C3CC3)C4)sc2c1. The molecule has 4 heterocycles. The maximum absolute atomic E-state index is 14.6. The largest absolute Gasteiger partial charge is 0.462 e. The van der Waals surface area contributed by atoms with Crippen molar-refractivity contribution in [1.29, 1.82) is 0 Å². The topological polar surface area (TPSA) is 77.7 Å². The van der Waals surface area contributed by atoms with E-state index in [2.05, 4.69) is 10.1 Å². The third-order valence-corrected chi connectivity index (χ3v) is 9.26. The number of hydrogen-bond donors (Lipinski definition) is 0. The number of fused-ring (bicyclic) bond motifs is 3. The van der Waals surface area contributed by atoms with E-state index in [0.717, 1.165) is 53.9 Å². The molecule has 2 aromatic heterocycles. The number of halogens is 2. The molecule has 0 radical (unpaired) electrons. The molecular formula is C30H29F2N3O4S. The van der Waals surface area contributed by atoms with Crippen LogP contribution in [0.5, 0.6) is 0 Å². The van der Waals surface area contributed by atoms with Crippen LogP contribution in [-0.4, -0.2) is 40.9 Å². The number of hydrogen-bond acceptors (Lipinski definition) is 8. The molecule has 3 aliphatic rings. The maximum atomic E-state index is 14.6. The van der Waals surface area contributed by atoms with Crippen molar-refractivity contribution in [3.63, 3.8) is 0 Å². The highest BCUT2D eigenvalue weighted by Crippen LogP contribution is 2.46. The third kappa shape index (κ3) is 4.56. The molecule has 1 saturated carbocycles. The van der Waals surface area contributed by atoms with E-state index in [4.69, 9.17) is 19.0 Å². The van der Waals surface area contributed by atoms with Crippen molar-refractivity contribution in [1.82, 2.24) is 10.1 Å². The molecule has 3 atom stereocenters. The van der Waals surface area contributed by atoms with E-state index in [-0.39, 0.29) is 35.9 Å². The number of benzene rings is 2. The summed E-state index contributed by atoms with van der Waals surface area (Å²) < 4.78 is 47.4. The molecule has 7 rings (SSSR count). The van der Waals surface area contributed by atoms with E-state index < -0.39 is 11.6 Å². The van der Waals surface area contributed by atoms with Crippen molar-refractivity contribution < 1.29 is 27.6 Å². The van der Waals surface area contributed by atoms with Gasteiger partial charge in [0.1, 0.15) is 23.1 Å². The lowest BCUT2D eigenvalue weighted by Gasteiger charge is -2.38. The molecule has 208 valence electrons. The summed E-state index contributed by atoms with van der Waals surface area (Å²) in [4.78, 5) is 19.5. The lowest BCUT2D eigenvalue weighted by atomic mass is 10.00. The van der Waals surface area contributed by atoms with Crippen LogP contribution in [0.4, 0.5) is 13.9 Å². The highest BCUT2D eigenvalue weighted by molar-refractivity contribution is 7.22. The normalized spacial score (nSPS) is 22.3. The van der Waals surface area contributed by atoms with E-state index >= 15 is 0 Å². The van der Waals surface area contributed by atoms with Gasteiger partial charge in [0, 0.05) is 23.6 Å². The Kier molecular flexibility index (Phi) is 6.54. The number of anilines is 1. The van der Waals surface area contributed by atoms with Crippen molar-refractivity contribution in [2.45, 2.75) is 76.2 Å². The molecule has 1 aliphatic carbocycles. The van der Waals surface area contributed by atoms with E-state index in [1.54, 1.807) is 24.3 Å². The van der Waals surface area contributed by atoms with Gasteiger partial charge in [0.15, 0.2) is 5.13 Å². The van der Waals surface area contributed by atoms with E-state index in [9.17, 15) is 13.6 Å². The molecule has 7 nitrogen and oxygen atoms in total. The van der Waals surface area contributed by atoms with Crippen molar-refractivity contribution in [2.75, 3.05) is 11.5 Å². The summed E-state index contributed by atoms with van der Waals surface area (Å²) in [5.74, 6) is -0.719. The minimum atomic E-state index is -0.659. The Hall–Kier alpha value is -3.37. The zero-order chi connectivity index (χ0) is 27.4. The Morgan fingerprint density at radius 1 is 1.10 bits per heavy atom. The van der Waals surface area contributed by atoms with Gasteiger partial charge in [0.2, 0.25) is 0 Å². The average Bonchev–Trinajstić information content (AvgIpc) is 3.47. The van der Waals surface area contributed by atoms with E-state index in [1.165, 1.54) is 18.2 Å². The first-order valence-corrected chi connectivity index (χ1v) is 14.7. The van der Waals surface area contributed by atoms with Gasteiger partial charge < -0.3 is 18.9 Å². The van der Waals surface area contributed by atoms with Crippen LogP contribution in [0.15, 0.2) is 40.9 Å². The van der Waals surface area contributed by atoms with Gasteiger partial charge in [-0.05, 0) is 75.8 Å². The summed E-state index contributed by atoms with van der Waals surface area (Å²) in [6.45, 7) is 2.34. The molecule has 10 heteroatoms. The molecule has 4 aromatic rings. The van der Waals surface area contributed by atoms with Crippen molar-refractivity contribution in [3.05, 3.63) is 64.9 Å². The van der Waals surface area contributed by atoms with Crippen molar-refractivity contribution >= 4 is 32.7 Å². The number of esters is 1. The smallest absolute Gasteiger partial charge is 0.338 e. The Morgan fingerprint density at radius 2 is 1.85 bits per heavy atom. The molecule has 0 spiro atoms. The van der Waals surface area contributed by atoms with Gasteiger partial charge >= 0.3 is 5.97 Å². The molecule has 2 bridgehead atoms. The minimum Gasteiger partial charge on any atom is -0.462 e. The molecule has 2 saturated heterocycles. The number of aromatic nitrogens is 2. The number of carbonyl (C=O) groups is 1. The van der Waals surface area contributed by atoms with Gasteiger partial charge in [0.05, 0.1) is 40.7 Å². The summed E-state index contributed by atoms with van der Waals surface area (Å²) in [6.07, 6.45) is 5.77. The fourth-order valence-electron chi connectivity index (χ4n) is 6.19. The summed E-state index contributed by atoms with van der Waals surface area (Å²) in [5.41, 5.74) is 2.11. The number of piperidine rings is 1. The zero-order valence-corrected chi connectivity index (χ0v) is 22.9. The highest BCUT2D eigenvalue weighted by Gasteiger charge is 2.43. The Morgan fingerprint density at radius 3 is 2.55 bits per heavy atom. The number of rotatable bonds is 8. The first-order valence-electron chi connectivity index (χ1n) is 13.9. The van der Waals surface area contributed by atoms with Crippen molar-refractivity contribution in [2.24, 2.45) is 0 Å². The third-order valence-electron chi connectivity index (χ3n) is 8.23. The first kappa shape index (κ1) is 25.6. The van der Waals surface area contributed by atoms with Gasteiger partial charge in [-0.1, -0.05) is 22.6 Å². The predicted octanol–water partition coefficient (Wildman–Crippen LogP) is 7.00. The standard InChI is InChI=1S/C30H29F2N3O4S/c1-2-37-29(36)17-8-11-24-25(12-17)40-30(33-24)35-18-9-10-19(35)14-20(13-18)38-15-21-27(34-39-28(21)16-6-7-16)26-22(31)4-3-5-23(26)32/h3-5,8,11-12,16,18-20H,2,6-7,9-10,13-15H2,1H3/t18-,19+,20+. The number of ether oxygens (including phenoxy) is 2. The van der Waals surface area contributed by atoms with Crippen LogP contribution in [0.2, 0.25) is 0 Å². The average molecular weight is 566 g/mol. The second-order valence-corrected chi connectivity index (χ2v) is 11.9. The van der Waals surface area contributed by atoms with Gasteiger partial charge in [0.25, 0.3) is 0 Å². The Bertz CT molecular complexity index is 1550. The monoisotopic (exact) mass is 565 g/mol. The number of carbonyl (C=O) groups excluding carboxylic acids is 1. The maximum Gasteiger partial charge on any atom is 0.338 e. The van der Waals surface area contributed by atoms with Gasteiger partial charge in [-0.15, -0.1) is 0 Å². The lowest BCUT2D eigenvalue weighted by Crippen LogP contribution is -2.45. The summed E-state index contributed by atoms with van der Waals surface area (Å²) >= 11 is 1.60. The van der Waals surface area contributed by atoms with Gasteiger partial charge in [-0.3, -0.25) is 0 Å². The molecule has 0 unspecified atom stereocenters. The van der Waals surface area contributed by atoms with E-state index in [1.807, 2.05) is 12.1 Å². The van der Waals surface area contributed by atoms with Crippen LogP contribution in [0, 0.1) is 11.6 Å². The van der Waals surface area contributed by atoms with Gasteiger partial charge in [-0.25, -0.2) is 18.6 Å². The second kappa shape index (κ2) is 10.2. The van der Waals surface area contributed by atoms with Crippen LogP contribution in [0.25, 0.3) is 21.5 Å². The van der Waals surface area contributed by atoms with Crippen LogP contribution < -0.4 is 4.90 Å². The van der Waals surface area contributed by atoms with Gasteiger partial charge in [-0.2, -0.15) is 0 Å². The molecule has 40 heavy (non-hydrogen) atoms. The number of thiazole rings is 1. The van der Waals surface area contributed by atoms with Crippen LogP contribution in [0.1, 0.15) is 73.0 Å². The Balaban J connectivity index is 1.08. The first-order chi connectivity index (χ1) is 19.5. The molecule has 2 aromatic carbocycles. The molecule has 2 aliphatic heterocycles. The number of nitrogens with zero attached hydrogens (tertiary/aromatic N) is 3. The van der Waals surface area contributed by atoms with Crippen LogP contribution in [-0.2, 0) is 16.1 Å². The Labute approximate surface area is 234 Å². The fraction of sp³-hybridized carbons (Fsp3) is 0.433. The quantitative estimate of drug-likeness (QED) is 0.213. The predicted molar refractivity (Wildman–Crippen MR) is 147 cm³/mol.